The first-order valence-corrected chi connectivity index (χ1v) is 4.34. The summed E-state index contributed by atoms with van der Waals surface area (Å²) in [6.07, 6.45) is 4.51. The maximum atomic E-state index is 10.7. The SMILES string of the molecule is O=[C]C(c1ccccc1)C1CC1. The van der Waals surface area contributed by atoms with Crippen LogP contribution in [-0.2, 0) is 4.79 Å². The molecular formula is C11H11O. The molecule has 0 spiro atoms. The number of rotatable bonds is 3. The lowest BCUT2D eigenvalue weighted by molar-refractivity contribution is 0.534. The summed E-state index contributed by atoms with van der Waals surface area (Å²) in [5, 5.41) is 0. The molecule has 1 heteroatoms. The van der Waals surface area contributed by atoms with Gasteiger partial charge in [-0.05, 0) is 24.3 Å². The predicted octanol–water partition coefficient (Wildman–Crippen LogP) is 2.29. The Kier molecular flexibility index (Phi) is 1.94. The third-order valence-electron chi connectivity index (χ3n) is 2.38. The number of benzene rings is 1. The summed E-state index contributed by atoms with van der Waals surface area (Å²) in [4.78, 5) is 10.7. The Morgan fingerprint density at radius 3 is 2.42 bits per heavy atom. The fraction of sp³-hybridized carbons (Fsp3) is 0.364. The van der Waals surface area contributed by atoms with Crippen molar-refractivity contribution in [2.45, 2.75) is 18.8 Å². The van der Waals surface area contributed by atoms with Crippen molar-refractivity contribution < 1.29 is 4.79 Å². The standard InChI is InChI=1S/C11H11O/c12-8-11(10-6-7-10)9-4-2-1-3-5-9/h1-5,10-11H,6-7H2. The summed E-state index contributed by atoms with van der Waals surface area (Å²) < 4.78 is 0. The molecule has 0 amide bonds. The lowest BCUT2D eigenvalue weighted by Gasteiger charge is -2.06. The van der Waals surface area contributed by atoms with Gasteiger partial charge in [0, 0.05) is 0 Å². The van der Waals surface area contributed by atoms with E-state index in [-0.39, 0.29) is 5.92 Å². The predicted molar refractivity (Wildman–Crippen MR) is 47.6 cm³/mol. The fourth-order valence-corrected chi connectivity index (χ4v) is 1.53. The van der Waals surface area contributed by atoms with E-state index in [4.69, 9.17) is 0 Å². The van der Waals surface area contributed by atoms with Gasteiger partial charge in [0.25, 0.3) is 0 Å². The van der Waals surface area contributed by atoms with Crippen molar-refractivity contribution in [3.63, 3.8) is 0 Å². The Morgan fingerprint density at radius 1 is 1.25 bits per heavy atom. The zero-order chi connectivity index (χ0) is 8.39. The van der Waals surface area contributed by atoms with Gasteiger partial charge < -0.3 is 0 Å². The Morgan fingerprint density at radius 2 is 1.92 bits per heavy atom. The van der Waals surface area contributed by atoms with Crippen LogP contribution in [0.4, 0.5) is 0 Å². The highest BCUT2D eigenvalue weighted by Gasteiger charge is 2.32. The molecule has 1 nitrogen and oxygen atoms in total. The van der Waals surface area contributed by atoms with Gasteiger partial charge in [0.05, 0.1) is 5.92 Å². The topological polar surface area (TPSA) is 17.1 Å². The van der Waals surface area contributed by atoms with Gasteiger partial charge in [0.1, 0.15) is 0 Å². The second-order valence-corrected chi connectivity index (χ2v) is 3.34. The lowest BCUT2D eigenvalue weighted by Crippen LogP contribution is -2.01. The zero-order valence-corrected chi connectivity index (χ0v) is 6.86. The molecule has 0 heterocycles. The number of hydrogen-bond donors (Lipinski definition) is 0. The molecule has 1 fully saturated rings. The minimum atomic E-state index is 0.0335. The number of hydrogen-bond acceptors (Lipinski definition) is 1. The van der Waals surface area contributed by atoms with Gasteiger partial charge in [0.15, 0.2) is 0 Å². The second kappa shape index (κ2) is 3.10. The third-order valence-corrected chi connectivity index (χ3v) is 2.38. The van der Waals surface area contributed by atoms with Crippen LogP contribution in [-0.4, -0.2) is 6.29 Å². The van der Waals surface area contributed by atoms with Gasteiger partial charge in [-0.3, -0.25) is 4.79 Å². The van der Waals surface area contributed by atoms with Crippen molar-refractivity contribution in [2.75, 3.05) is 0 Å². The first-order chi connectivity index (χ1) is 5.92. The summed E-state index contributed by atoms with van der Waals surface area (Å²) in [6.45, 7) is 0. The van der Waals surface area contributed by atoms with E-state index in [1.807, 2.05) is 30.3 Å². The van der Waals surface area contributed by atoms with Crippen LogP contribution < -0.4 is 0 Å². The molecule has 12 heavy (non-hydrogen) atoms. The summed E-state index contributed by atoms with van der Waals surface area (Å²) in [7, 11) is 0. The van der Waals surface area contributed by atoms with Crippen molar-refractivity contribution in [2.24, 2.45) is 5.92 Å². The van der Waals surface area contributed by atoms with Gasteiger partial charge in [-0.15, -0.1) is 0 Å². The molecule has 0 saturated heterocycles. The van der Waals surface area contributed by atoms with E-state index in [1.54, 1.807) is 0 Å². The van der Waals surface area contributed by atoms with Crippen molar-refractivity contribution in [3.8, 4) is 0 Å². The molecule has 1 aliphatic carbocycles. The van der Waals surface area contributed by atoms with Crippen molar-refractivity contribution >= 4 is 6.29 Å². The normalized spacial score (nSPS) is 18.7. The van der Waals surface area contributed by atoms with Gasteiger partial charge in [0.2, 0.25) is 6.29 Å². The summed E-state index contributed by atoms with van der Waals surface area (Å²) in [6, 6.07) is 9.93. The van der Waals surface area contributed by atoms with Crippen molar-refractivity contribution in [1.29, 1.82) is 0 Å². The Hall–Kier alpha value is -1.11. The highest BCUT2D eigenvalue weighted by atomic mass is 16.1. The summed E-state index contributed by atoms with van der Waals surface area (Å²) in [5.41, 5.74) is 1.12. The molecule has 1 aromatic rings. The van der Waals surface area contributed by atoms with Crippen LogP contribution in [0.15, 0.2) is 30.3 Å². The van der Waals surface area contributed by atoms with E-state index in [0.29, 0.717) is 5.92 Å². The highest BCUT2D eigenvalue weighted by molar-refractivity contribution is 5.64. The average Bonchev–Trinajstić information content (AvgIpc) is 2.92. The van der Waals surface area contributed by atoms with E-state index in [9.17, 15) is 4.79 Å². The molecule has 1 unspecified atom stereocenters. The molecule has 2 rings (SSSR count). The molecule has 0 N–H and O–H groups in total. The van der Waals surface area contributed by atoms with Crippen LogP contribution in [0, 0.1) is 5.92 Å². The first kappa shape index (κ1) is 7.53. The second-order valence-electron chi connectivity index (χ2n) is 3.34. The number of carbonyl (C=O) groups excluding carboxylic acids is 1. The molecular weight excluding hydrogens is 148 g/mol. The van der Waals surface area contributed by atoms with Crippen LogP contribution in [0.25, 0.3) is 0 Å². The third kappa shape index (κ3) is 1.40. The molecule has 1 aromatic carbocycles. The van der Waals surface area contributed by atoms with E-state index in [1.165, 1.54) is 12.8 Å². The van der Waals surface area contributed by atoms with E-state index in [0.717, 1.165) is 5.56 Å². The minimum absolute atomic E-state index is 0.0335. The molecule has 1 atom stereocenters. The Bertz CT molecular complexity index is 262. The monoisotopic (exact) mass is 159 g/mol. The van der Waals surface area contributed by atoms with Crippen LogP contribution in [0.5, 0.6) is 0 Å². The molecule has 1 saturated carbocycles. The molecule has 1 aliphatic rings. The molecule has 0 aliphatic heterocycles. The Labute approximate surface area is 72.4 Å². The van der Waals surface area contributed by atoms with Crippen LogP contribution in [0.2, 0.25) is 0 Å². The average molecular weight is 159 g/mol. The maximum absolute atomic E-state index is 10.7. The largest absolute Gasteiger partial charge is 0.290 e. The molecule has 1 radical (unpaired) electrons. The zero-order valence-electron chi connectivity index (χ0n) is 6.86. The van der Waals surface area contributed by atoms with Crippen LogP contribution in [0.1, 0.15) is 24.3 Å². The van der Waals surface area contributed by atoms with Gasteiger partial charge in [-0.1, -0.05) is 30.3 Å². The minimum Gasteiger partial charge on any atom is -0.290 e. The fourth-order valence-electron chi connectivity index (χ4n) is 1.53. The smallest absolute Gasteiger partial charge is 0.206 e. The summed E-state index contributed by atoms with van der Waals surface area (Å²) in [5.74, 6) is 0.607. The van der Waals surface area contributed by atoms with Crippen LogP contribution in [0.3, 0.4) is 0 Å². The molecule has 0 bridgehead atoms. The van der Waals surface area contributed by atoms with Crippen molar-refractivity contribution in [1.82, 2.24) is 0 Å². The van der Waals surface area contributed by atoms with Crippen molar-refractivity contribution in [3.05, 3.63) is 35.9 Å². The first-order valence-electron chi connectivity index (χ1n) is 4.34. The maximum Gasteiger partial charge on any atom is 0.206 e. The highest BCUT2D eigenvalue weighted by Crippen LogP contribution is 2.41. The Balaban J connectivity index is 2.21. The lowest BCUT2D eigenvalue weighted by atomic mass is 9.96. The van der Waals surface area contributed by atoms with Gasteiger partial charge in [-0.25, -0.2) is 0 Å². The molecule has 0 aromatic heterocycles. The van der Waals surface area contributed by atoms with E-state index >= 15 is 0 Å². The van der Waals surface area contributed by atoms with Gasteiger partial charge >= 0.3 is 0 Å². The van der Waals surface area contributed by atoms with E-state index < -0.39 is 0 Å². The van der Waals surface area contributed by atoms with E-state index in [2.05, 4.69) is 6.29 Å². The summed E-state index contributed by atoms with van der Waals surface area (Å²) >= 11 is 0. The van der Waals surface area contributed by atoms with Gasteiger partial charge in [-0.2, -0.15) is 0 Å². The quantitative estimate of drug-likeness (QED) is 0.661. The molecule has 61 valence electrons. The van der Waals surface area contributed by atoms with Crippen LogP contribution >= 0.6 is 0 Å².